The van der Waals surface area contributed by atoms with E-state index < -0.39 is 69.0 Å². The van der Waals surface area contributed by atoms with Crippen LogP contribution in [0.25, 0.3) is 0 Å². The first kappa shape index (κ1) is 44.7. The quantitative estimate of drug-likeness (QED) is 0.150. The van der Waals surface area contributed by atoms with Gasteiger partial charge in [0.05, 0.1) is 23.9 Å². The van der Waals surface area contributed by atoms with Gasteiger partial charge in [-0.1, -0.05) is 0 Å². The normalized spacial score (nSPS) is 9.86. The zero-order valence-corrected chi connectivity index (χ0v) is 27.0. The summed E-state index contributed by atoms with van der Waals surface area (Å²) in [6, 6.07) is 0. The van der Waals surface area contributed by atoms with Gasteiger partial charge in [-0.25, -0.2) is 0 Å². The average molecular weight is 462 g/mol. The van der Waals surface area contributed by atoms with Crippen molar-refractivity contribution in [2.24, 2.45) is 0 Å². The fraction of sp³-hybridized carbons (Fsp3) is 0.545. The summed E-state index contributed by atoms with van der Waals surface area (Å²) >= 11 is 0. The zero-order chi connectivity index (χ0) is 18.9. The molecule has 1 unspecified atom stereocenters. The molecule has 0 N–H and O–H groups in total. The van der Waals surface area contributed by atoms with Crippen LogP contribution in [-0.4, -0.2) is 78.8 Å². The summed E-state index contributed by atoms with van der Waals surface area (Å²) in [5.74, 6) is -7.10. The third kappa shape index (κ3) is 26.2. The maximum Gasteiger partial charge on any atom is 1.00 e. The SMILES string of the molecule is O=C([O-])CN(CC(=O)[O-])CC(OC(=O)[O-])N(CC(=O)[O-])CC(=O)[O-].[Na+].[Na+].[Na+].[Na+].[Na+]. The van der Waals surface area contributed by atoms with E-state index in [1.165, 1.54) is 0 Å². The fourth-order valence-electron chi connectivity index (χ4n) is 1.70. The number of carboxylic acids is 4. The largest absolute Gasteiger partial charge is 1.00 e. The summed E-state index contributed by atoms with van der Waals surface area (Å²) < 4.78 is 4.19. The Kier molecular flexibility index (Phi) is 38.1. The smallest absolute Gasteiger partial charge is 0.549 e. The first-order chi connectivity index (χ1) is 11.0. The van der Waals surface area contributed by atoms with E-state index in [1.807, 2.05) is 0 Å². The summed E-state index contributed by atoms with van der Waals surface area (Å²) in [7, 11) is 0. The third-order valence-electron chi connectivity index (χ3n) is 2.42. The number of carbonyl (C=O) groups is 5. The second-order valence-electron chi connectivity index (χ2n) is 4.39. The van der Waals surface area contributed by atoms with Gasteiger partial charge in [0.15, 0.2) is 0 Å². The number of carboxylic acid groups (broad SMARTS) is 5. The maximum absolute atomic E-state index is 10.6. The summed E-state index contributed by atoms with van der Waals surface area (Å²) in [6.07, 6.45) is -4.09. The topological polar surface area (TPSA) is 216 Å². The molecule has 0 aliphatic carbocycles. The van der Waals surface area contributed by atoms with Crippen LogP contribution in [0.1, 0.15) is 0 Å². The van der Waals surface area contributed by atoms with Crippen LogP contribution in [0.3, 0.4) is 0 Å². The molecule has 0 amide bonds. The van der Waals surface area contributed by atoms with Crippen molar-refractivity contribution < 1.29 is 202 Å². The monoisotopic (exact) mass is 462 g/mol. The van der Waals surface area contributed by atoms with E-state index >= 15 is 0 Å². The average Bonchev–Trinajstić information content (AvgIpc) is 2.33. The van der Waals surface area contributed by atoms with Crippen molar-refractivity contribution in [3.8, 4) is 0 Å². The molecule has 0 aromatic heterocycles. The Bertz CT molecular complexity index is 493. The number of hydrogen-bond donors (Lipinski definition) is 0. The van der Waals surface area contributed by atoms with Crippen LogP contribution in [0.15, 0.2) is 0 Å². The zero-order valence-electron chi connectivity index (χ0n) is 17.0. The van der Waals surface area contributed by atoms with Gasteiger partial charge in [0, 0.05) is 32.7 Å². The summed E-state index contributed by atoms with van der Waals surface area (Å²) in [4.78, 5) is 53.9. The van der Waals surface area contributed by atoms with Crippen molar-refractivity contribution in [2.45, 2.75) is 6.23 Å². The van der Waals surface area contributed by atoms with Gasteiger partial charge in [0.25, 0.3) is 6.16 Å². The van der Waals surface area contributed by atoms with Gasteiger partial charge in [-0.3, -0.25) is 9.80 Å². The molecule has 0 aromatic carbocycles. The maximum atomic E-state index is 10.6. The van der Waals surface area contributed by atoms with Crippen LogP contribution in [0.4, 0.5) is 4.79 Å². The first-order valence-corrected chi connectivity index (χ1v) is 6.14. The molecule has 136 valence electrons. The molecule has 0 aliphatic rings. The minimum Gasteiger partial charge on any atom is -0.549 e. The van der Waals surface area contributed by atoms with Crippen LogP contribution < -0.4 is 173 Å². The number of ether oxygens (including phenoxy) is 1. The minimum absolute atomic E-state index is 0. The Morgan fingerprint density at radius 1 is 0.621 bits per heavy atom. The summed E-state index contributed by atoms with van der Waals surface area (Å²) in [6.45, 7) is -5.11. The molecule has 0 rings (SSSR count). The molecule has 13 nitrogen and oxygen atoms in total. The molecule has 0 radical (unpaired) electrons. The Balaban J connectivity index is -0.000000264. The fourth-order valence-corrected chi connectivity index (χ4v) is 1.70. The molecule has 0 aliphatic heterocycles. The van der Waals surface area contributed by atoms with Crippen molar-refractivity contribution >= 4 is 30.0 Å². The molecule has 18 heteroatoms. The number of nitrogens with zero attached hydrogens (tertiary/aromatic N) is 2. The van der Waals surface area contributed by atoms with Crippen molar-refractivity contribution in [2.75, 3.05) is 32.7 Å². The van der Waals surface area contributed by atoms with Crippen molar-refractivity contribution in [1.29, 1.82) is 0 Å². The van der Waals surface area contributed by atoms with E-state index in [9.17, 15) is 49.5 Å². The van der Waals surface area contributed by atoms with Crippen LogP contribution in [0.5, 0.6) is 0 Å². The van der Waals surface area contributed by atoms with Crippen LogP contribution in [0, 0.1) is 0 Å². The molecule has 0 fully saturated rings. The van der Waals surface area contributed by atoms with E-state index in [4.69, 9.17) is 0 Å². The Morgan fingerprint density at radius 3 is 1.17 bits per heavy atom. The standard InChI is InChI=1S/C11H16N2O11.5Na/c14-7(15)2-12(3-8(16)17)1-6(24-11(22)23)13(4-9(18)19)5-10(20)21;;;;;/h6H,1-5H2,(H,14,15)(H,16,17)(H,18,19)(H,20,21)(H,22,23);;;;;/q;5*+1/p-5. The van der Waals surface area contributed by atoms with Crippen molar-refractivity contribution in [3.63, 3.8) is 0 Å². The van der Waals surface area contributed by atoms with Crippen LogP contribution in [0.2, 0.25) is 0 Å². The number of aliphatic carboxylic acids is 4. The van der Waals surface area contributed by atoms with Crippen LogP contribution >= 0.6 is 0 Å². The van der Waals surface area contributed by atoms with Crippen molar-refractivity contribution in [3.05, 3.63) is 0 Å². The molecule has 29 heavy (non-hydrogen) atoms. The molecule has 0 saturated carbocycles. The van der Waals surface area contributed by atoms with E-state index in [2.05, 4.69) is 4.74 Å². The summed E-state index contributed by atoms with van der Waals surface area (Å²) in [5.41, 5.74) is 0. The Hall–Kier alpha value is 2.07. The molecule has 1 atom stereocenters. The van der Waals surface area contributed by atoms with Gasteiger partial charge in [-0.15, -0.1) is 0 Å². The summed E-state index contributed by atoms with van der Waals surface area (Å²) in [5, 5.41) is 52.9. The minimum atomic E-state index is -2.19. The van der Waals surface area contributed by atoms with Gasteiger partial charge in [0.1, 0.15) is 6.23 Å². The molecule has 0 bridgehead atoms. The Labute approximate surface area is 276 Å². The predicted molar refractivity (Wildman–Crippen MR) is 58.3 cm³/mol. The molecular weight excluding hydrogens is 451 g/mol. The van der Waals surface area contributed by atoms with Gasteiger partial charge in [-0.2, -0.15) is 0 Å². The molecule has 0 saturated heterocycles. The first-order valence-electron chi connectivity index (χ1n) is 6.14. The van der Waals surface area contributed by atoms with E-state index in [0.29, 0.717) is 9.80 Å². The van der Waals surface area contributed by atoms with E-state index in [-0.39, 0.29) is 148 Å². The van der Waals surface area contributed by atoms with Crippen molar-refractivity contribution in [1.82, 2.24) is 9.80 Å². The molecule has 0 heterocycles. The second kappa shape index (κ2) is 24.7. The molecule has 0 aromatic rings. The van der Waals surface area contributed by atoms with Gasteiger partial charge >= 0.3 is 148 Å². The Morgan fingerprint density at radius 2 is 0.931 bits per heavy atom. The number of rotatable bonds is 12. The van der Waals surface area contributed by atoms with E-state index in [1.54, 1.807) is 0 Å². The van der Waals surface area contributed by atoms with Gasteiger partial charge in [0.2, 0.25) is 0 Å². The van der Waals surface area contributed by atoms with Gasteiger partial charge in [-0.05, 0) is 0 Å². The van der Waals surface area contributed by atoms with Crippen LogP contribution in [-0.2, 0) is 23.9 Å². The van der Waals surface area contributed by atoms with Gasteiger partial charge < -0.3 is 54.2 Å². The second-order valence-corrected chi connectivity index (χ2v) is 4.39. The predicted octanol–water partition coefficient (Wildman–Crippen LogP) is -23.7. The van der Waals surface area contributed by atoms with E-state index in [0.717, 1.165) is 0 Å². The third-order valence-corrected chi connectivity index (χ3v) is 2.42. The number of carbonyl (C=O) groups excluding carboxylic acids is 5. The number of hydrogen-bond acceptors (Lipinski definition) is 13. The molecular formula is C11H11N2Na5O11. The molecule has 0 spiro atoms.